The Balaban J connectivity index is 1.35. The van der Waals surface area contributed by atoms with Gasteiger partial charge in [-0.3, -0.25) is 14.5 Å². The van der Waals surface area contributed by atoms with Gasteiger partial charge in [0.15, 0.2) is 0 Å². The highest BCUT2D eigenvalue weighted by atomic mass is 16.2. The maximum atomic E-state index is 12.7. The van der Waals surface area contributed by atoms with E-state index in [2.05, 4.69) is 34.5 Å². The van der Waals surface area contributed by atoms with Crippen LogP contribution in [0.25, 0.3) is 0 Å². The molecule has 4 rings (SSSR count). The van der Waals surface area contributed by atoms with Crippen molar-refractivity contribution in [1.82, 2.24) is 10.2 Å². The van der Waals surface area contributed by atoms with E-state index >= 15 is 0 Å². The van der Waals surface area contributed by atoms with Crippen molar-refractivity contribution in [2.24, 2.45) is 0 Å². The Labute approximate surface area is 160 Å². The van der Waals surface area contributed by atoms with Crippen LogP contribution in [0.1, 0.15) is 35.2 Å². The molecular formula is C22H25N3O2. The summed E-state index contributed by atoms with van der Waals surface area (Å²) in [6, 6.07) is 18.0. The second-order valence-electron chi connectivity index (χ2n) is 7.38. The Morgan fingerprint density at radius 2 is 1.93 bits per heavy atom. The number of amides is 2. The van der Waals surface area contributed by atoms with Crippen LogP contribution in [0.2, 0.25) is 0 Å². The van der Waals surface area contributed by atoms with E-state index in [1.54, 1.807) is 4.90 Å². The summed E-state index contributed by atoms with van der Waals surface area (Å²) in [6.07, 6.45) is 2.44. The lowest BCUT2D eigenvalue weighted by atomic mass is 10.1. The number of nitrogens with zero attached hydrogens (tertiary/aromatic N) is 2. The quantitative estimate of drug-likeness (QED) is 0.889. The molecule has 5 heteroatoms. The highest BCUT2D eigenvalue weighted by molar-refractivity contribution is 5.99. The van der Waals surface area contributed by atoms with Crippen molar-refractivity contribution in [2.75, 3.05) is 24.5 Å². The van der Waals surface area contributed by atoms with Gasteiger partial charge in [0.2, 0.25) is 5.91 Å². The molecule has 2 aromatic rings. The number of anilines is 1. The smallest absolute Gasteiger partial charge is 0.251 e. The fourth-order valence-corrected chi connectivity index (χ4v) is 3.94. The van der Waals surface area contributed by atoms with E-state index in [1.165, 1.54) is 5.56 Å². The van der Waals surface area contributed by atoms with Crippen molar-refractivity contribution >= 4 is 17.5 Å². The molecule has 2 aliphatic rings. The van der Waals surface area contributed by atoms with E-state index in [-0.39, 0.29) is 17.9 Å². The lowest BCUT2D eigenvalue weighted by Gasteiger charge is -2.18. The van der Waals surface area contributed by atoms with Gasteiger partial charge in [-0.15, -0.1) is 0 Å². The molecule has 5 nitrogen and oxygen atoms in total. The maximum Gasteiger partial charge on any atom is 0.251 e. The number of rotatable bonds is 5. The predicted octanol–water partition coefficient (Wildman–Crippen LogP) is 2.82. The topological polar surface area (TPSA) is 52.7 Å². The number of hydrogen-bond acceptors (Lipinski definition) is 3. The molecular weight excluding hydrogens is 338 g/mol. The van der Waals surface area contributed by atoms with Gasteiger partial charge in [-0.25, -0.2) is 0 Å². The Morgan fingerprint density at radius 3 is 2.70 bits per heavy atom. The van der Waals surface area contributed by atoms with Crippen LogP contribution in [-0.4, -0.2) is 42.4 Å². The van der Waals surface area contributed by atoms with Gasteiger partial charge < -0.3 is 10.2 Å². The summed E-state index contributed by atoms with van der Waals surface area (Å²) in [7, 11) is 0. The summed E-state index contributed by atoms with van der Waals surface area (Å²) < 4.78 is 0. The zero-order chi connectivity index (χ0) is 18.6. The van der Waals surface area contributed by atoms with Gasteiger partial charge >= 0.3 is 0 Å². The summed E-state index contributed by atoms with van der Waals surface area (Å²) in [6.45, 7) is 3.51. The van der Waals surface area contributed by atoms with E-state index < -0.39 is 0 Å². The van der Waals surface area contributed by atoms with Crippen LogP contribution in [0.4, 0.5) is 5.69 Å². The minimum Gasteiger partial charge on any atom is -0.348 e. The molecule has 0 aromatic heterocycles. The van der Waals surface area contributed by atoms with Gasteiger partial charge in [-0.05, 0) is 36.6 Å². The minimum atomic E-state index is -0.0601. The molecule has 1 N–H and O–H groups in total. The molecule has 140 valence electrons. The molecule has 2 aromatic carbocycles. The van der Waals surface area contributed by atoms with Gasteiger partial charge in [0.25, 0.3) is 5.91 Å². The number of carbonyl (C=O) groups is 2. The van der Waals surface area contributed by atoms with Crippen LogP contribution in [0.15, 0.2) is 54.6 Å². The van der Waals surface area contributed by atoms with Crippen LogP contribution in [0, 0.1) is 0 Å². The van der Waals surface area contributed by atoms with Gasteiger partial charge in [0.05, 0.1) is 0 Å². The maximum absolute atomic E-state index is 12.7. The summed E-state index contributed by atoms with van der Waals surface area (Å²) in [5.74, 6) is 0.0787. The number of carbonyl (C=O) groups excluding carboxylic acids is 2. The van der Waals surface area contributed by atoms with E-state index in [0.29, 0.717) is 12.0 Å². The molecule has 0 bridgehead atoms. The summed E-state index contributed by atoms with van der Waals surface area (Å²) >= 11 is 0. The monoisotopic (exact) mass is 363 g/mol. The molecule has 0 spiro atoms. The minimum absolute atomic E-state index is 0.0601. The third kappa shape index (κ3) is 4.19. The van der Waals surface area contributed by atoms with Crippen LogP contribution < -0.4 is 10.2 Å². The van der Waals surface area contributed by atoms with E-state index in [9.17, 15) is 9.59 Å². The summed E-state index contributed by atoms with van der Waals surface area (Å²) in [4.78, 5) is 28.8. The van der Waals surface area contributed by atoms with E-state index in [4.69, 9.17) is 0 Å². The average molecular weight is 363 g/mol. The Bertz CT molecular complexity index is 821. The third-order valence-corrected chi connectivity index (χ3v) is 5.35. The highest BCUT2D eigenvalue weighted by Gasteiger charge is 2.25. The lowest BCUT2D eigenvalue weighted by molar-refractivity contribution is -0.117. The number of hydrogen-bond donors (Lipinski definition) is 1. The van der Waals surface area contributed by atoms with E-state index in [1.807, 2.05) is 30.3 Å². The first-order valence-corrected chi connectivity index (χ1v) is 9.66. The molecule has 0 unspecified atom stereocenters. The molecule has 1 atom stereocenters. The van der Waals surface area contributed by atoms with Crippen LogP contribution >= 0.6 is 0 Å². The number of nitrogens with one attached hydrogen (secondary N) is 1. The van der Waals surface area contributed by atoms with Crippen molar-refractivity contribution in [3.63, 3.8) is 0 Å². The Kier molecular flexibility index (Phi) is 5.21. The molecule has 27 heavy (non-hydrogen) atoms. The van der Waals surface area contributed by atoms with Crippen LogP contribution in [-0.2, 0) is 11.3 Å². The molecule has 2 heterocycles. The molecule has 2 aliphatic heterocycles. The molecule has 2 fully saturated rings. The molecule has 0 saturated carbocycles. The first-order valence-electron chi connectivity index (χ1n) is 9.66. The standard InChI is InChI=1S/C22H25N3O2/c26-21-10-5-12-25(21)20-9-4-8-18(14-20)22(27)23-19-11-13-24(16-19)15-17-6-2-1-3-7-17/h1-4,6-9,14,19H,5,10-13,15-16H2,(H,23,27)/t19-/m1/s1. The predicted molar refractivity (Wildman–Crippen MR) is 106 cm³/mol. The van der Waals surface area contributed by atoms with Gasteiger partial charge in [0, 0.05) is 49.9 Å². The fraction of sp³-hybridized carbons (Fsp3) is 0.364. The van der Waals surface area contributed by atoms with Crippen molar-refractivity contribution < 1.29 is 9.59 Å². The first-order chi connectivity index (χ1) is 13.2. The zero-order valence-corrected chi connectivity index (χ0v) is 15.4. The number of benzene rings is 2. The SMILES string of the molecule is O=C(N[C@@H]1CCN(Cc2ccccc2)C1)c1cccc(N2CCCC2=O)c1. The Hall–Kier alpha value is -2.66. The molecule has 2 amide bonds. The van der Waals surface area contributed by atoms with Crippen LogP contribution in [0.3, 0.4) is 0 Å². The largest absolute Gasteiger partial charge is 0.348 e. The second kappa shape index (κ2) is 7.92. The van der Waals surface area contributed by atoms with Crippen LogP contribution in [0.5, 0.6) is 0 Å². The normalized spacial score (nSPS) is 20.2. The summed E-state index contributed by atoms with van der Waals surface area (Å²) in [5.41, 5.74) is 2.74. The van der Waals surface area contributed by atoms with Crippen molar-refractivity contribution in [2.45, 2.75) is 31.8 Å². The third-order valence-electron chi connectivity index (χ3n) is 5.35. The highest BCUT2D eigenvalue weighted by Crippen LogP contribution is 2.22. The van der Waals surface area contributed by atoms with E-state index in [0.717, 1.165) is 44.7 Å². The second-order valence-corrected chi connectivity index (χ2v) is 7.38. The van der Waals surface area contributed by atoms with Gasteiger partial charge in [-0.1, -0.05) is 36.4 Å². The van der Waals surface area contributed by atoms with Gasteiger partial charge in [0.1, 0.15) is 0 Å². The molecule has 0 radical (unpaired) electrons. The van der Waals surface area contributed by atoms with Gasteiger partial charge in [-0.2, -0.15) is 0 Å². The summed E-state index contributed by atoms with van der Waals surface area (Å²) in [5, 5.41) is 3.16. The van der Waals surface area contributed by atoms with Crippen molar-refractivity contribution in [3.8, 4) is 0 Å². The molecule has 2 saturated heterocycles. The Morgan fingerprint density at radius 1 is 1.07 bits per heavy atom. The zero-order valence-electron chi connectivity index (χ0n) is 15.4. The van der Waals surface area contributed by atoms with Crippen molar-refractivity contribution in [3.05, 3.63) is 65.7 Å². The molecule has 0 aliphatic carbocycles. The average Bonchev–Trinajstić information content (AvgIpc) is 3.31. The van der Waals surface area contributed by atoms with Crippen molar-refractivity contribution in [1.29, 1.82) is 0 Å². The number of likely N-dealkylation sites (tertiary alicyclic amines) is 1. The fourth-order valence-electron chi connectivity index (χ4n) is 3.94. The first kappa shape index (κ1) is 17.7. The lowest BCUT2D eigenvalue weighted by Crippen LogP contribution is -2.37.